The Balaban J connectivity index is 1.75. The minimum absolute atomic E-state index is 0.232. The van der Waals surface area contributed by atoms with Crippen LogP contribution in [0.25, 0.3) is 0 Å². The summed E-state index contributed by atoms with van der Waals surface area (Å²) >= 11 is 0. The molecule has 1 aromatic carbocycles. The highest BCUT2D eigenvalue weighted by atomic mass is 16.5. The van der Waals surface area contributed by atoms with Crippen molar-refractivity contribution >= 4 is 5.78 Å². The van der Waals surface area contributed by atoms with Crippen molar-refractivity contribution in [3.05, 3.63) is 23.3 Å². The summed E-state index contributed by atoms with van der Waals surface area (Å²) in [6.45, 7) is 1.06. The quantitative estimate of drug-likeness (QED) is 0.842. The molecule has 2 fully saturated rings. The molecule has 0 bridgehead atoms. The molecule has 1 aromatic rings. The fourth-order valence-corrected chi connectivity index (χ4v) is 4.73. The lowest BCUT2D eigenvalue weighted by Gasteiger charge is -2.46. The number of hydrogen-bond donors (Lipinski definition) is 0. The summed E-state index contributed by atoms with van der Waals surface area (Å²) in [7, 11) is 3.34. The first-order chi connectivity index (χ1) is 10.7. The minimum Gasteiger partial charge on any atom is -0.493 e. The zero-order valence-electron chi connectivity index (χ0n) is 13.3. The normalized spacial score (nSPS) is 30.5. The Labute approximate surface area is 131 Å². The van der Waals surface area contributed by atoms with Crippen molar-refractivity contribution in [1.82, 2.24) is 4.90 Å². The first kappa shape index (κ1) is 14.1. The lowest BCUT2D eigenvalue weighted by molar-refractivity contribution is -0.131. The highest BCUT2D eigenvalue weighted by molar-refractivity contribution is 5.84. The van der Waals surface area contributed by atoms with Crippen molar-refractivity contribution in [2.24, 2.45) is 5.92 Å². The van der Waals surface area contributed by atoms with Crippen molar-refractivity contribution in [2.75, 3.05) is 20.8 Å². The van der Waals surface area contributed by atoms with E-state index in [1.54, 1.807) is 14.2 Å². The summed E-state index contributed by atoms with van der Waals surface area (Å²) in [6.07, 6.45) is 5.15. The SMILES string of the molecule is COc1cc2c(cc1OC)[C@@H]1CC(=O)[C@@H]3CCC[C@@H]3N1CC2. The number of ketones is 1. The standard InChI is InChI=1S/C18H23NO3/c1-21-17-8-11-6-7-19-14-5-3-4-12(14)16(20)10-15(19)13(11)9-18(17)22-2/h8-9,12,14-15H,3-7,10H2,1-2H3/t12-,14+,15+/m1/s1. The van der Waals surface area contributed by atoms with E-state index in [0.29, 0.717) is 18.2 Å². The van der Waals surface area contributed by atoms with Crippen LogP contribution in [-0.4, -0.2) is 37.5 Å². The van der Waals surface area contributed by atoms with Crippen molar-refractivity contribution in [2.45, 2.75) is 44.2 Å². The molecule has 4 rings (SSSR count). The molecule has 0 aromatic heterocycles. The second kappa shape index (κ2) is 5.27. The molecule has 0 amide bonds. The van der Waals surface area contributed by atoms with E-state index in [2.05, 4.69) is 17.0 Å². The van der Waals surface area contributed by atoms with Crippen molar-refractivity contribution in [1.29, 1.82) is 0 Å². The number of carbonyl (C=O) groups excluding carboxylic acids is 1. The van der Waals surface area contributed by atoms with Crippen LogP contribution >= 0.6 is 0 Å². The Morgan fingerprint density at radius 2 is 1.91 bits per heavy atom. The van der Waals surface area contributed by atoms with Crippen LogP contribution in [0.2, 0.25) is 0 Å². The Bertz CT molecular complexity index is 613. The van der Waals surface area contributed by atoms with Gasteiger partial charge in [0.2, 0.25) is 0 Å². The Morgan fingerprint density at radius 1 is 1.14 bits per heavy atom. The van der Waals surface area contributed by atoms with Crippen LogP contribution in [0, 0.1) is 5.92 Å². The van der Waals surface area contributed by atoms with Gasteiger partial charge in [0.1, 0.15) is 5.78 Å². The fourth-order valence-electron chi connectivity index (χ4n) is 4.73. The molecule has 22 heavy (non-hydrogen) atoms. The van der Waals surface area contributed by atoms with Gasteiger partial charge in [-0.25, -0.2) is 0 Å². The first-order valence-electron chi connectivity index (χ1n) is 8.26. The van der Waals surface area contributed by atoms with Crippen LogP contribution in [0.1, 0.15) is 42.9 Å². The second-order valence-electron chi connectivity index (χ2n) is 6.68. The monoisotopic (exact) mass is 301 g/mol. The summed E-state index contributed by atoms with van der Waals surface area (Å²) in [4.78, 5) is 15.1. The third-order valence-corrected chi connectivity index (χ3v) is 5.76. The van der Waals surface area contributed by atoms with Crippen molar-refractivity contribution < 1.29 is 14.3 Å². The third-order valence-electron chi connectivity index (χ3n) is 5.76. The van der Waals surface area contributed by atoms with Gasteiger partial charge in [0, 0.05) is 31.0 Å². The van der Waals surface area contributed by atoms with Crippen LogP contribution in [0.15, 0.2) is 12.1 Å². The lowest BCUT2D eigenvalue weighted by Crippen LogP contribution is -2.51. The number of benzene rings is 1. The molecule has 0 N–H and O–H groups in total. The summed E-state index contributed by atoms with van der Waals surface area (Å²) in [5.41, 5.74) is 2.57. The fraction of sp³-hybridized carbons (Fsp3) is 0.611. The summed E-state index contributed by atoms with van der Waals surface area (Å²) in [5, 5.41) is 0. The maximum Gasteiger partial charge on any atom is 0.161 e. The number of ether oxygens (including phenoxy) is 2. The molecule has 118 valence electrons. The van der Waals surface area contributed by atoms with Crippen LogP contribution < -0.4 is 9.47 Å². The van der Waals surface area contributed by atoms with Gasteiger partial charge in [-0.3, -0.25) is 9.69 Å². The van der Waals surface area contributed by atoms with Gasteiger partial charge in [0.25, 0.3) is 0 Å². The molecule has 2 aliphatic heterocycles. The van der Waals surface area contributed by atoms with E-state index < -0.39 is 0 Å². The number of rotatable bonds is 2. The van der Waals surface area contributed by atoms with Gasteiger partial charge < -0.3 is 9.47 Å². The van der Waals surface area contributed by atoms with Gasteiger partial charge in [-0.15, -0.1) is 0 Å². The Morgan fingerprint density at radius 3 is 2.68 bits per heavy atom. The molecule has 1 aliphatic carbocycles. The Hall–Kier alpha value is -1.55. The van der Waals surface area contributed by atoms with Crippen LogP contribution in [0.5, 0.6) is 11.5 Å². The van der Waals surface area contributed by atoms with E-state index >= 15 is 0 Å². The van der Waals surface area contributed by atoms with Gasteiger partial charge in [0.15, 0.2) is 11.5 Å². The van der Waals surface area contributed by atoms with E-state index in [0.717, 1.165) is 30.9 Å². The highest BCUT2D eigenvalue weighted by Crippen LogP contribution is 2.47. The molecular weight excluding hydrogens is 278 g/mol. The van der Waals surface area contributed by atoms with E-state index in [1.165, 1.54) is 24.0 Å². The molecule has 3 atom stereocenters. The molecule has 1 saturated carbocycles. The summed E-state index contributed by atoms with van der Waals surface area (Å²) in [6, 6.07) is 4.88. The second-order valence-corrected chi connectivity index (χ2v) is 6.68. The van der Waals surface area contributed by atoms with Gasteiger partial charge in [-0.1, -0.05) is 6.42 Å². The zero-order valence-corrected chi connectivity index (χ0v) is 13.3. The smallest absolute Gasteiger partial charge is 0.161 e. The van der Waals surface area contributed by atoms with Gasteiger partial charge in [-0.05, 0) is 42.5 Å². The zero-order chi connectivity index (χ0) is 15.3. The number of methoxy groups -OCH3 is 2. The topological polar surface area (TPSA) is 38.8 Å². The number of hydrogen-bond acceptors (Lipinski definition) is 4. The molecule has 0 unspecified atom stereocenters. The number of Topliss-reactive ketones (excluding diaryl/α,β-unsaturated/α-hetero) is 1. The van der Waals surface area contributed by atoms with Gasteiger partial charge >= 0.3 is 0 Å². The summed E-state index contributed by atoms with van der Waals surface area (Å²) < 4.78 is 10.9. The third kappa shape index (κ3) is 1.97. The number of carbonyl (C=O) groups is 1. The van der Waals surface area contributed by atoms with E-state index in [9.17, 15) is 4.79 Å². The molecule has 0 radical (unpaired) electrons. The molecule has 2 heterocycles. The number of piperidine rings is 1. The predicted molar refractivity (Wildman–Crippen MR) is 83.5 cm³/mol. The maximum atomic E-state index is 12.5. The molecule has 0 spiro atoms. The largest absolute Gasteiger partial charge is 0.493 e. The lowest BCUT2D eigenvalue weighted by atomic mass is 9.79. The van der Waals surface area contributed by atoms with Crippen LogP contribution in [-0.2, 0) is 11.2 Å². The number of nitrogens with zero attached hydrogens (tertiary/aromatic N) is 1. The molecule has 4 heteroatoms. The highest BCUT2D eigenvalue weighted by Gasteiger charge is 2.46. The van der Waals surface area contributed by atoms with E-state index in [4.69, 9.17) is 9.47 Å². The van der Waals surface area contributed by atoms with Crippen LogP contribution in [0.4, 0.5) is 0 Å². The first-order valence-corrected chi connectivity index (χ1v) is 8.26. The average Bonchev–Trinajstić information content (AvgIpc) is 3.04. The predicted octanol–water partition coefficient (Wildman–Crippen LogP) is 2.74. The van der Waals surface area contributed by atoms with Crippen molar-refractivity contribution in [3.63, 3.8) is 0 Å². The summed E-state index contributed by atoms with van der Waals surface area (Å²) in [5.74, 6) is 2.31. The molecule has 4 nitrogen and oxygen atoms in total. The molecule has 1 saturated heterocycles. The van der Waals surface area contributed by atoms with E-state index in [1.807, 2.05) is 0 Å². The average molecular weight is 301 g/mol. The maximum absolute atomic E-state index is 12.5. The minimum atomic E-state index is 0.232. The van der Waals surface area contributed by atoms with Gasteiger partial charge in [-0.2, -0.15) is 0 Å². The molecule has 3 aliphatic rings. The van der Waals surface area contributed by atoms with Crippen LogP contribution in [0.3, 0.4) is 0 Å². The van der Waals surface area contributed by atoms with E-state index in [-0.39, 0.29) is 12.0 Å². The number of fused-ring (bicyclic) bond motifs is 5. The Kier molecular flexibility index (Phi) is 3.37. The van der Waals surface area contributed by atoms with Crippen molar-refractivity contribution in [3.8, 4) is 11.5 Å². The van der Waals surface area contributed by atoms with Gasteiger partial charge in [0.05, 0.1) is 14.2 Å². The molecular formula is C18H23NO3.